The second kappa shape index (κ2) is 6.79. The van der Waals surface area contributed by atoms with Gasteiger partial charge in [-0.05, 0) is 41.5 Å². The molecular formula is C20H16N2O2. The van der Waals surface area contributed by atoms with Crippen LogP contribution in [0.1, 0.15) is 20.7 Å². The quantitative estimate of drug-likeness (QED) is 0.770. The summed E-state index contributed by atoms with van der Waals surface area (Å²) in [6.45, 7) is 0. The molecular weight excluding hydrogens is 300 g/mol. The van der Waals surface area contributed by atoms with Crippen molar-refractivity contribution in [3.63, 3.8) is 0 Å². The van der Waals surface area contributed by atoms with E-state index in [1.807, 2.05) is 48.5 Å². The van der Waals surface area contributed by atoms with Crippen LogP contribution in [0.4, 0.5) is 5.69 Å². The third kappa shape index (κ3) is 3.33. The summed E-state index contributed by atoms with van der Waals surface area (Å²) >= 11 is 0. The van der Waals surface area contributed by atoms with Crippen LogP contribution in [0.25, 0.3) is 11.1 Å². The van der Waals surface area contributed by atoms with Crippen molar-refractivity contribution >= 4 is 17.5 Å². The van der Waals surface area contributed by atoms with E-state index in [4.69, 9.17) is 5.73 Å². The maximum absolute atomic E-state index is 12.6. The van der Waals surface area contributed by atoms with Gasteiger partial charge >= 0.3 is 0 Å². The molecule has 4 nitrogen and oxygen atoms in total. The fourth-order valence-electron chi connectivity index (χ4n) is 2.47. The van der Waals surface area contributed by atoms with Gasteiger partial charge in [-0.3, -0.25) is 9.59 Å². The van der Waals surface area contributed by atoms with E-state index in [1.54, 1.807) is 30.3 Å². The highest BCUT2D eigenvalue weighted by Gasteiger charge is 2.12. The molecule has 0 saturated heterocycles. The molecule has 0 unspecified atom stereocenters. The maximum Gasteiger partial charge on any atom is 0.256 e. The topological polar surface area (TPSA) is 72.2 Å². The lowest BCUT2D eigenvalue weighted by atomic mass is 9.99. The van der Waals surface area contributed by atoms with Crippen LogP contribution in [0, 0.1) is 0 Å². The van der Waals surface area contributed by atoms with Crippen molar-refractivity contribution in [1.82, 2.24) is 0 Å². The second-order valence-electron chi connectivity index (χ2n) is 5.31. The molecule has 0 atom stereocenters. The van der Waals surface area contributed by atoms with Gasteiger partial charge in [0.15, 0.2) is 0 Å². The number of amides is 2. The average Bonchev–Trinajstić information content (AvgIpc) is 2.63. The monoisotopic (exact) mass is 316 g/mol. The zero-order valence-electron chi connectivity index (χ0n) is 12.9. The van der Waals surface area contributed by atoms with E-state index < -0.39 is 5.91 Å². The molecule has 24 heavy (non-hydrogen) atoms. The molecule has 3 rings (SSSR count). The Labute approximate surface area is 139 Å². The highest BCUT2D eigenvalue weighted by atomic mass is 16.2. The number of carbonyl (C=O) groups excluding carboxylic acids is 2. The van der Waals surface area contributed by atoms with E-state index in [0.29, 0.717) is 16.8 Å². The predicted molar refractivity (Wildman–Crippen MR) is 94.8 cm³/mol. The highest BCUT2D eigenvalue weighted by molar-refractivity contribution is 6.08. The van der Waals surface area contributed by atoms with E-state index in [2.05, 4.69) is 5.32 Å². The third-order valence-electron chi connectivity index (χ3n) is 3.68. The summed E-state index contributed by atoms with van der Waals surface area (Å²) in [6.07, 6.45) is 0. The molecule has 0 bridgehead atoms. The first-order chi connectivity index (χ1) is 11.6. The molecule has 4 heteroatoms. The van der Waals surface area contributed by atoms with Gasteiger partial charge in [0, 0.05) is 16.8 Å². The number of anilines is 1. The molecule has 0 aromatic heterocycles. The lowest BCUT2D eigenvalue weighted by molar-refractivity contribution is 0.0998. The molecule has 118 valence electrons. The van der Waals surface area contributed by atoms with Gasteiger partial charge in [-0.2, -0.15) is 0 Å². The van der Waals surface area contributed by atoms with Crippen LogP contribution in [0.15, 0.2) is 78.9 Å². The lowest BCUT2D eigenvalue weighted by Gasteiger charge is -2.10. The number of primary amides is 1. The summed E-state index contributed by atoms with van der Waals surface area (Å²) in [4.78, 5) is 23.7. The van der Waals surface area contributed by atoms with Crippen LogP contribution in [0.3, 0.4) is 0 Å². The van der Waals surface area contributed by atoms with Gasteiger partial charge in [-0.25, -0.2) is 0 Å². The van der Waals surface area contributed by atoms with Crippen molar-refractivity contribution in [3.8, 4) is 11.1 Å². The predicted octanol–water partition coefficient (Wildman–Crippen LogP) is 3.70. The van der Waals surface area contributed by atoms with Crippen molar-refractivity contribution in [2.45, 2.75) is 0 Å². The standard InChI is InChI=1S/C20H16N2O2/c21-19(23)15-10-12-16(13-11-15)22-20(24)18-9-5-4-8-17(18)14-6-2-1-3-7-14/h1-13H,(H2,21,23)(H,22,24). The Hall–Kier alpha value is -3.40. The molecule has 2 amide bonds. The van der Waals surface area contributed by atoms with Crippen molar-refractivity contribution < 1.29 is 9.59 Å². The molecule has 3 aromatic rings. The number of hydrogen-bond donors (Lipinski definition) is 2. The van der Waals surface area contributed by atoms with Crippen LogP contribution >= 0.6 is 0 Å². The minimum absolute atomic E-state index is 0.207. The molecule has 0 aliphatic carbocycles. The largest absolute Gasteiger partial charge is 0.366 e. The summed E-state index contributed by atoms with van der Waals surface area (Å²) in [6, 6.07) is 23.7. The van der Waals surface area contributed by atoms with Crippen LogP contribution in [0.5, 0.6) is 0 Å². The van der Waals surface area contributed by atoms with Gasteiger partial charge in [-0.1, -0.05) is 48.5 Å². The number of nitrogens with one attached hydrogen (secondary N) is 1. The third-order valence-corrected chi connectivity index (χ3v) is 3.68. The molecule has 3 N–H and O–H groups in total. The van der Waals surface area contributed by atoms with E-state index in [-0.39, 0.29) is 5.91 Å². The van der Waals surface area contributed by atoms with Crippen molar-refractivity contribution in [3.05, 3.63) is 90.0 Å². The Balaban J connectivity index is 1.87. The van der Waals surface area contributed by atoms with E-state index >= 15 is 0 Å². The van der Waals surface area contributed by atoms with E-state index in [9.17, 15) is 9.59 Å². The number of benzene rings is 3. The van der Waals surface area contributed by atoms with Gasteiger partial charge in [0.25, 0.3) is 5.91 Å². The summed E-state index contributed by atoms with van der Waals surface area (Å²) in [5.41, 5.74) is 8.65. The molecule has 0 saturated carbocycles. The molecule has 0 spiro atoms. The molecule has 0 aliphatic heterocycles. The Bertz CT molecular complexity index is 872. The summed E-state index contributed by atoms with van der Waals surface area (Å²) < 4.78 is 0. The van der Waals surface area contributed by atoms with Crippen molar-refractivity contribution in [2.75, 3.05) is 5.32 Å². The first kappa shape index (κ1) is 15.5. The molecule has 0 heterocycles. The van der Waals surface area contributed by atoms with Gasteiger partial charge in [-0.15, -0.1) is 0 Å². The average molecular weight is 316 g/mol. The van der Waals surface area contributed by atoms with E-state index in [1.165, 1.54) is 0 Å². The van der Waals surface area contributed by atoms with E-state index in [0.717, 1.165) is 11.1 Å². The van der Waals surface area contributed by atoms with Crippen LogP contribution in [-0.4, -0.2) is 11.8 Å². The Morgan fingerprint density at radius 1 is 0.750 bits per heavy atom. The molecule has 0 radical (unpaired) electrons. The van der Waals surface area contributed by atoms with Crippen LogP contribution in [-0.2, 0) is 0 Å². The van der Waals surface area contributed by atoms with Crippen molar-refractivity contribution in [1.29, 1.82) is 0 Å². The number of nitrogens with two attached hydrogens (primary N) is 1. The zero-order chi connectivity index (χ0) is 16.9. The second-order valence-corrected chi connectivity index (χ2v) is 5.31. The lowest BCUT2D eigenvalue weighted by Crippen LogP contribution is -2.14. The van der Waals surface area contributed by atoms with Gasteiger partial charge in [0.2, 0.25) is 5.91 Å². The smallest absolute Gasteiger partial charge is 0.256 e. The summed E-state index contributed by atoms with van der Waals surface area (Å²) in [5, 5.41) is 2.84. The summed E-state index contributed by atoms with van der Waals surface area (Å²) in [5.74, 6) is -0.705. The van der Waals surface area contributed by atoms with Crippen LogP contribution < -0.4 is 11.1 Å². The molecule has 3 aromatic carbocycles. The minimum Gasteiger partial charge on any atom is -0.366 e. The van der Waals surface area contributed by atoms with Gasteiger partial charge in [0.1, 0.15) is 0 Å². The normalized spacial score (nSPS) is 10.2. The fraction of sp³-hybridized carbons (Fsp3) is 0. The van der Waals surface area contributed by atoms with Gasteiger partial charge in [0.05, 0.1) is 0 Å². The maximum atomic E-state index is 12.6. The zero-order valence-corrected chi connectivity index (χ0v) is 12.9. The minimum atomic E-state index is -0.498. The SMILES string of the molecule is NC(=O)c1ccc(NC(=O)c2ccccc2-c2ccccc2)cc1. The fourth-order valence-corrected chi connectivity index (χ4v) is 2.47. The highest BCUT2D eigenvalue weighted by Crippen LogP contribution is 2.24. The Morgan fingerprint density at radius 2 is 1.38 bits per heavy atom. The molecule has 0 fully saturated rings. The van der Waals surface area contributed by atoms with Gasteiger partial charge < -0.3 is 11.1 Å². The summed E-state index contributed by atoms with van der Waals surface area (Å²) in [7, 11) is 0. The Kier molecular flexibility index (Phi) is 4.38. The van der Waals surface area contributed by atoms with Crippen LogP contribution in [0.2, 0.25) is 0 Å². The number of hydrogen-bond acceptors (Lipinski definition) is 2. The first-order valence-electron chi connectivity index (χ1n) is 7.51. The number of carbonyl (C=O) groups is 2. The first-order valence-corrected chi connectivity index (χ1v) is 7.51. The number of rotatable bonds is 4. The molecule has 0 aliphatic rings. The van der Waals surface area contributed by atoms with Crippen molar-refractivity contribution in [2.24, 2.45) is 5.73 Å². The Morgan fingerprint density at radius 3 is 2.04 bits per heavy atom.